The molecule has 0 aliphatic heterocycles. The van der Waals surface area contributed by atoms with Gasteiger partial charge in [-0.15, -0.1) is 0 Å². The van der Waals surface area contributed by atoms with Crippen molar-refractivity contribution in [2.75, 3.05) is 0 Å². The van der Waals surface area contributed by atoms with Crippen molar-refractivity contribution in [2.45, 2.75) is 19.1 Å². The lowest BCUT2D eigenvalue weighted by Gasteiger charge is -2.14. The maximum absolute atomic E-state index is 12.6. The molecule has 1 atom stereocenters. The maximum Gasteiger partial charge on any atom is 0.416 e. The molecular weight excluding hydrogens is 279 g/mol. The Morgan fingerprint density at radius 1 is 1.10 bits per heavy atom. The molecule has 110 valence electrons. The van der Waals surface area contributed by atoms with Gasteiger partial charge in [0.1, 0.15) is 0 Å². The molecule has 5 heteroatoms. The quantitative estimate of drug-likeness (QED) is 0.872. The van der Waals surface area contributed by atoms with Crippen molar-refractivity contribution in [1.82, 2.24) is 0 Å². The number of carbonyl (C=O) groups is 1. The second-order valence-corrected chi connectivity index (χ2v) is 4.78. The van der Waals surface area contributed by atoms with E-state index in [0.29, 0.717) is 5.56 Å². The Morgan fingerprint density at radius 2 is 1.71 bits per heavy atom. The number of halogens is 3. The van der Waals surface area contributed by atoms with E-state index in [1.807, 2.05) is 0 Å². The van der Waals surface area contributed by atoms with Crippen LogP contribution in [0.2, 0.25) is 0 Å². The Morgan fingerprint density at radius 3 is 2.24 bits per heavy atom. The maximum atomic E-state index is 12.6. The van der Waals surface area contributed by atoms with Crippen LogP contribution in [0.25, 0.3) is 0 Å². The highest BCUT2D eigenvalue weighted by molar-refractivity contribution is 6.01. The van der Waals surface area contributed by atoms with Crippen LogP contribution in [0, 0.1) is 6.92 Å². The van der Waals surface area contributed by atoms with Gasteiger partial charge in [-0.3, -0.25) is 4.79 Å². The summed E-state index contributed by atoms with van der Waals surface area (Å²) in [5, 5.41) is 0. The third kappa shape index (κ3) is 3.31. The zero-order chi connectivity index (χ0) is 15.6. The smallest absolute Gasteiger partial charge is 0.318 e. The van der Waals surface area contributed by atoms with Gasteiger partial charge in [-0.05, 0) is 30.2 Å². The van der Waals surface area contributed by atoms with Gasteiger partial charge in [0.05, 0.1) is 11.6 Å². The molecule has 0 saturated heterocycles. The summed E-state index contributed by atoms with van der Waals surface area (Å²) in [6.45, 7) is 1.47. The van der Waals surface area contributed by atoms with Crippen LogP contribution in [0.5, 0.6) is 0 Å². The first-order valence-electron chi connectivity index (χ1n) is 6.33. The first-order valence-corrected chi connectivity index (χ1v) is 6.33. The van der Waals surface area contributed by atoms with Crippen LogP contribution in [0.4, 0.5) is 13.2 Å². The molecule has 0 aliphatic rings. The number of ketones is 1. The lowest BCUT2D eigenvalue weighted by molar-refractivity contribution is -0.137. The van der Waals surface area contributed by atoms with Crippen molar-refractivity contribution >= 4 is 5.78 Å². The third-order valence-electron chi connectivity index (χ3n) is 3.26. The zero-order valence-electron chi connectivity index (χ0n) is 11.3. The van der Waals surface area contributed by atoms with Crippen molar-refractivity contribution in [3.8, 4) is 0 Å². The van der Waals surface area contributed by atoms with Crippen LogP contribution in [0.1, 0.15) is 33.1 Å². The molecule has 2 N–H and O–H groups in total. The average molecular weight is 293 g/mol. The van der Waals surface area contributed by atoms with E-state index in [1.54, 1.807) is 30.3 Å². The SMILES string of the molecule is Cc1cc(C(F)(F)F)ccc1C(=O)[C@H](N)c1ccccc1. The molecule has 0 spiro atoms. The highest BCUT2D eigenvalue weighted by Crippen LogP contribution is 2.31. The van der Waals surface area contributed by atoms with Gasteiger partial charge in [0.2, 0.25) is 0 Å². The van der Waals surface area contributed by atoms with Gasteiger partial charge in [-0.1, -0.05) is 36.4 Å². The molecule has 0 aliphatic carbocycles. The number of benzene rings is 2. The van der Waals surface area contributed by atoms with Crippen LogP contribution in [0.3, 0.4) is 0 Å². The second-order valence-electron chi connectivity index (χ2n) is 4.78. The van der Waals surface area contributed by atoms with E-state index in [1.165, 1.54) is 13.0 Å². The Bertz CT molecular complexity index is 650. The minimum absolute atomic E-state index is 0.208. The molecule has 0 radical (unpaired) electrons. The van der Waals surface area contributed by atoms with E-state index in [0.717, 1.165) is 12.1 Å². The lowest BCUT2D eigenvalue weighted by atomic mass is 9.94. The van der Waals surface area contributed by atoms with E-state index < -0.39 is 23.6 Å². The molecule has 0 unspecified atom stereocenters. The Balaban J connectivity index is 2.32. The predicted molar refractivity (Wildman–Crippen MR) is 73.9 cm³/mol. The summed E-state index contributed by atoms with van der Waals surface area (Å²) in [6.07, 6.45) is -4.42. The number of Topliss-reactive ketones (excluding diaryl/α,β-unsaturated/α-hetero) is 1. The van der Waals surface area contributed by atoms with Crippen LogP contribution < -0.4 is 5.73 Å². The normalized spacial score (nSPS) is 13.0. The summed E-state index contributed by atoms with van der Waals surface area (Å²) in [5.74, 6) is -0.396. The average Bonchev–Trinajstić information content (AvgIpc) is 2.45. The van der Waals surface area contributed by atoms with Gasteiger partial charge < -0.3 is 5.73 Å². The standard InChI is InChI=1S/C16H14F3NO/c1-10-9-12(16(17,18)19)7-8-13(10)15(21)14(20)11-5-3-2-4-6-11/h2-9,14H,20H2,1H3/t14-/m1/s1. The van der Waals surface area contributed by atoms with E-state index in [-0.39, 0.29) is 11.1 Å². The minimum atomic E-state index is -4.42. The van der Waals surface area contributed by atoms with Crippen molar-refractivity contribution in [1.29, 1.82) is 0 Å². The molecule has 0 bridgehead atoms. The summed E-state index contributed by atoms with van der Waals surface area (Å²) < 4.78 is 37.8. The van der Waals surface area contributed by atoms with E-state index in [9.17, 15) is 18.0 Å². The molecule has 0 saturated carbocycles. The van der Waals surface area contributed by atoms with Crippen LogP contribution in [0.15, 0.2) is 48.5 Å². The first-order chi connectivity index (χ1) is 9.80. The van der Waals surface area contributed by atoms with Crippen LogP contribution in [-0.4, -0.2) is 5.78 Å². The summed E-state index contributed by atoms with van der Waals surface area (Å²) in [6, 6.07) is 10.9. The van der Waals surface area contributed by atoms with Gasteiger partial charge in [0, 0.05) is 5.56 Å². The molecule has 0 fully saturated rings. The Hall–Kier alpha value is -2.14. The largest absolute Gasteiger partial charge is 0.416 e. The van der Waals surface area contributed by atoms with Gasteiger partial charge in [0.15, 0.2) is 5.78 Å². The fourth-order valence-electron chi connectivity index (χ4n) is 2.10. The van der Waals surface area contributed by atoms with Gasteiger partial charge >= 0.3 is 6.18 Å². The monoisotopic (exact) mass is 293 g/mol. The molecule has 0 amide bonds. The number of hydrogen-bond donors (Lipinski definition) is 1. The topological polar surface area (TPSA) is 43.1 Å². The molecule has 2 aromatic rings. The second kappa shape index (κ2) is 5.69. The molecular formula is C16H14F3NO. The molecule has 2 nitrogen and oxygen atoms in total. The highest BCUT2D eigenvalue weighted by Gasteiger charge is 2.31. The minimum Gasteiger partial charge on any atom is -0.318 e. The van der Waals surface area contributed by atoms with Crippen LogP contribution in [-0.2, 0) is 6.18 Å². The summed E-state index contributed by atoms with van der Waals surface area (Å²) in [7, 11) is 0. The number of aryl methyl sites for hydroxylation is 1. The fourth-order valence-corrected chi connectivity index (χ4v) is 2.10. The number of nitrogens with two attached hydrogens (primary N) is 1. The highest BCUT2D eigenvalue weighted by atomic mass is 19.4. The first kappa shape index (κ1) is 15.3. The van der Waals surface area contributed by atoms with E-state index >= 15 is 0 Å². The zero-order valence-corrected chi connectivity index (χ0v) is 11.3. The Kier molecular flexibility index (Phi) is 4.14. The molecule has 0 aromatic heterocycles. The number of rotatable bonds is 3. The third-order valence-corrected chi connectivity index (χ3v) is 3.26. The van der Waals surface area contributed by atoms with Crippen molar-refractivity contribution in [3.05, 3.63) is 70.8 Å². The fraction of sp³-hybridized carbons (Fsp3) is 0.188. The molecule has 2 aromatic carbocycles. The van der Waals surface area contributed by atoms with Gasteiger partial charge in [-0.2, -0.15) is 13.2 Å². The summed E-state index contributed by atoms with van der Waals surface area (Å²) >= 11 is 0. The van der Waals surface area contributed by atoms with Gasteiger partial charge in [0.25, 0.3) is 0 Å². The molecule has 0 heterocycles. The van der Waals surface area contributed by atoms with E-state index in [2.05, 4.69) is 0 Å². The lowest BCUT2D eigenvalue weighted by Crippen LogP contribution is -2.22. The number of alkyl halides is 3. The number of hydrogen-bond acceptors (Lipinski definition) is 2. The van der Waals surface area contributed by atoms with Crippen molar-refractivity contribution in [3.63, 3.8) is 0 Å². The predicted octanol–water partition coefficient (Wildman–Crippen LogP) is 3.90. The van der Waals surface area contributed by atoms with Crippen molar-refractivity contribution in [2.24, 2.45) is 5.73 Å². The summed E-state index contributed by atoms with van der Waals surface area (Å²) in [5.41, 5.74) is 6.22. The van der Waals surface area contributed by atoms with E-state index in [4.69, 9.17) is 5.73 Å². The number of carbonyl (C=O) groups excluding carboxylic acids is 1. The van der Waals surface area contributed by atoms with Crippen molar-refractivity contribution < 1.29 is 18.0 Å². The summed E-state index contributed by atoms with van der Waals surface area (Å²) in [4.78, 5) is 12.3. The van der Waals surface area contributed by atoms with Gasteiger partial charge in [-0.25, -0.2) is 0 Å². The molecule has 2 rings (SSSR count). The van der Waals surface area contributed by atoms with Crippen LogP contribution >= 0.6 is 0 Å². The Labute approximate surface area is 120 Å². The molecule has 21 heavy (non-hydrogen) atoms.